The number of nitrogens with zero attached hydrogens (tertiary/aromatic N) is 1. The number of hydrogen-bond donors (Lipinski definition) is 1. The molecule has 0 aliphatic carbocycles. The third-order valence-electron chi connectivity index (χ3n) is 5.63. The molecule has 2 aromatic carbocycles. The Morgan fingerprint density at radius 3 is 2.65 bits per heavy atom. The van der Waals surface area contributed by atoms with Crippen LogP contribution in [0.1, 0.15) is 43.9 Å². The van der Waals surface area contributed by atoms with Crippen molar-refractivity contribution < 1.29 is 22.7 Å². The summed E-state index contributed by atoms with van der Waals surface area (Å²) in [6, 6.07) is 12.6. The number of sulfonamides is 1. The fraction of sp³-hybridized carbons (Fsp3) is 0.435. The highest BCUT2D eigenvalue weighted by Gasteiger charge is 2.37. The first kappa shape index (κ1) is 21.5. The van der Waals surface area contributed by atoms with E-state index in [0.717, 1.165) is 23.1 Å². The zero-order chi connectivity index (χ0) is 22.4. The summed E-state index contributed by atoms with van der Waals surface area (Å²) in [6.07, 6.45) is 1.23. The Hall–Kier alpha value is -2.74. The fourth-order valence-electron chi connectivity index (χ4n) is 4.23. The quantitative estimate of drug-likeness (QED) is 0.785. The number of amides is 1. The summed E-state index contributed by atoms with van der Waals surface area (Å²) >= 11 is 0. The Labute approximate surface area is 183 Å². The second-order valence-corrected chi connectivity index (χ2v) is 10.8. The van der Waals surface area contributed by atoms with E-state index in [0.29, 0.717) is 17.9 Å². The molecule has 0 bridgehead atoms. The van der Waals surface area contributed by atoms with Crippen LogP contribution in [0.3, 0.4) is 0 Å². The molecule has 1 amide bonds. The van der Waals surface area contributed by atoms with Gasteiger partial charge in [-0.2, -0.15) is 0 Å². The van der Waals surface area contributed by atoms with Gasteiger partial charge in [0.05, 0.1) is 18.0 Å². The Kier molecular flexibility index (Phi) is 5.37. The number of rotatable bonds is 3. The second-order valence-electron chi connectivity index (χ2n) is 8.87. The normalized spacial score (nSPS) is 22.3. The molecule has 7 nitrogen and oxygen atoms in total. The van der Waals surface area contributed by atoms with Gasteiger partial charge in [0.2, 0.25) is 10.0 Å². The molecule has 0 radical (unpaired) electrons. The van der Waals surface area contributed by atoms with Crippen molar-refractivity contribution in [3.05, 3.63) is 53.6 Å². The van der Waals surface area contributed by atoms with Crippen LogP contribution in [-0.4, -0.2) is 38.8 Å². The number of para-hydroxylation sites is 2. The topological polar surface area (TPSA) is 84.9 Å². The Morgan fingerprint density at radius 2 is 1.90 bits per heavy atom. The molecule has 0 saturated carbocycles. The number of anilines is 1. The third kappa shape index (κ3) is 4.49. The number of benzene rings is 2. The van der Waals surface area contributed by atoms with E-state index in [1.165, 1.54) is 4.31 Å². The predicted octanol–water partition coefficient (Wildman–Crippen LogP) is 3.33. The fourth-order valence-corrected chi connectivity index (χ4v) is 5.17. The zero-order valence-corrected chi connectivity index (χ0v) is 19.0. The van der Waals surface area contributed by atoms with Crippen molar-refractivity contribution in [3.8, 4) is 11.5 Å². The lowest BCUT2D eigenvalue weighted by Gasteiger charge is -2.38. The molecule has 2 aliphatic rings. The summed E-state index contributed by atoms with van der Waals surface area (Å²) in [4.78, 5) is 13.2. The van der Waals surface area contributed by atoms with E-state index in [2.05, 4.69) is 5.32 Å². The summed E-state index contributed by atoms with van der Waals surface area (Å²) < 4.78 is 38.0. The molecule has 0 spiro atoms. The molecule has 2 atom stereocenters. The monoisotopic (exact) mass is 444 g/mol. The molecule has 0 fully saturated rings. The van der Waals surface area contributed by atoms with E-state index in [1.54, 1.807) is 24.3 Å². The van der Waals surface area contributed by atoms with Crippen molar-refractivity contribution in [1.29, 1.82) is 0 Å². The Morgan fingerprint density at radius 1 is 1.16 bits per heavy atom. The number of fused-ring (bicyclic) bond motifs is 2. The second kappa shape index (κ2) is 7.75. The van der Waals surface area contributed by atoms with Gasteiger partial charge in [0, 0.05) is 24.9 Å². The molecule has 0 saturated heterocycles. The van der Waals surface area contributed by atoms with Crippen molar-refractivity contribution in [1.82, 2.24) is 5.32 Å². The summed E-state index contributed by atoms with van der Waals surface area (Å²) in [7, 11) is -3.49. The lowest BCUT2D eigenvalue weighted by molar-refractivity contribution is -0.129. The van der Waals surface area contributed by atoms with Gasteiger partial charge in [-0.3, -0.25) is 9.10 Å². The van der Waals surface area contributed by atoms with E-state index in [4.69, 9.17) is 9.47 Å². The average molecular weight is 445 g/mol. The van der Waals surface area contributed by atoms with Gasteiger partial charge in [-0.15, -0.1) is 0 Å². The van der Waals surface area contributed by atoms with E-state index in [9.17, 15) is 13.2 Å². The molecule has 2 heterocycles. The van der Waals surface area contributed by atoms with Crippen molar-refractivity contribution in [2.75, 3.05) is 17.1 Å². The van der Waals surface area contributed by atoms with Gasteiger partial charge in [0.25, 0.3) is 5.91 Å². The molecule has 2 aliphatic heterocycles. The highest BCUT2D eigenvalue weighted by Crippen LogP contribution is 2.40. The number of carbonyl (C=O) groups excluding carboxylic acids is 1. The van der Waals surface area contributed by atoms with Crippen LogP contribution >= 0.6 is 0 Å². The van der Waals surface area contributed by atoms with Gasteiger partial charge in [-0.05, 0) is 39.0 Å². The lowest BCUT2D eigenvalue weighted by Crippen LogP contribution is -2.46. The van der Waals surface area contributed by atoms with Gasteiger partial charge in [0.15, 0.2) is 6.10 Å². The standard InChI is InChI=1S/C23H28N2O5S/c1-15-9-10-19-16(13-15)17(14-23(2,3)30-19)24-22(26)21-11-12-25(31(4,27)28)18-7-5-6-8-20(18)29-21/h5-10,13,17,21H,11-12,14H2,1-4H3,(H,24,26)/t17-,21+/m1/s1. The minimum atomic E-state index is -3.49. The van der Waals surface area contributed by atoms with Crippen molar-refractivity contribution >= 4 is 21.6 Å². The van der Waals surface area contributed by atoms with Gasteiger partial charge in [-0.25, -0.2) is 8.42 Å². The summed E-state index contributed by atoms with van der Waals surface area (Å²) in [6.45, 7) is 6.17. The Bertz CT molecular complexity index is 1110. The highest BCUT2D eigenvalue weighted by molar-refractivity contribution is 7.92. The molecule has 2 aromatic rings. The molecular formula is C23H28N2O5S. The third-order valence-corrected chi connectivity index (χ3v) is 6.81. The lowest BCUT2D eigenvalue weighted by atomic mass is 9.88. The van der Waals surface area contributed by atoms with Crippen LogP contribution in [0.25, 0.3) is 0 Å². The molecule has 4 rings (SSSR count). The maximum absolute atomic E-state index is 13.2. The predicted molar refractivity (Wildman–Crippen MR) is 119 cm³/mol. The van der Waals surface area contributed by atoms with Crippen LogP contribution in [0.4, 0.5) is 5.69 Å². The first-order chi connectivity index (χ1) is 14.5. The summed E-state index contributed by atoms with van der Waals surface area (Å²) in [5, 5.41) is 3.13. The minimum Gasteiger partial charge on any atom is -0.487 e. The number of carbonyl (C=O) groups is 1. The largest absolute Gasteiger partial charge is 0.487 e. The number of nitrogens with one attached hydrogen (secondary N) is 1. The van der Waals surface area contributed by atoms with Crippen molar-refractivity contribution in [3.63, 3.8) is 0 Å². The van der Waals surface area contributed by atoms with Crippen LogP contribution in [0.5, 0.6) is 11.5 Å². The van der Waals surface area contributed by atoms with Crippen LogP contribution in [0.15, 0.2) is 42.5 Å². The van der Waals surface area contributed by atoms with E-state index in [-0.39, 0.29) is 24.9 Å². The van der Waals surface area contributed by atoms with E-state index < -0.39 is 21.7 Å². The number of hydrogen-bond acceptors (Lipinski definition) is 5. The van der Waals surface area contributed by atoms with Crippen LogP contribution in [-0.2, 0) is 14.8 Å². The maximum atomic E-state index is 13.2. The summed E-state index contributed by atoms with van der Waals surface area (Å²) in [5.41, 5.74) is 2.06. The van der Waals surface area contributed by atoms with E-state index >= 15 is 0 Å². The Balaban J connectivity index is 1.59. The van der Waals surface area contributed by atoms with E-state index in [1.807, 2.05) is 39.0 Å². The molecule has 0 unspecified atom stereocenters. The van der Waals surface area contributed by atoms with Gasteiger partial charge in [-0.1, -0.05) is 29.8 Å². The SMILES string of the molecule is Cc1ccc2c(c1)[C@H](NC(=O)[C@@H]1CCN(S(C)(=O)=O)c3ccccc3O1)CC(C)(C)O2. The van der Waals surface area contributed by atoms with Crippen LogP contribution in [0.2, 0.25) is 0 Å². The molecule has 1 N–H and O–H groups in total. The molecule has 0 aromatic heterocycles. The minimum absolute atomic E-state index is 0.170. The molecule has 166 valence electrons. The molecular weight excluding hydrogens is 416 g/mol. The van der Waals surface area contributed by atoms with Crippen LogP contribution < -0.4 is 19.1 Å². The number of ether oxygens (including phenoxy) is 2. The maximum Gasteiger partial charge on any atom is 0.261 e. The first-order valence-corrected chi connectivity index (χ1v) is 12.2. The van der Waals surface area contributed by atoms with Crippen molar-refractivity contribution in [2.45, 2.75) is 51.4 Å². The smallest absolute Gasteiger partial charge is 0.261 e. The number of aryl methyl sites for hydroxylation is 1. The summed E-state index contributed by atoms with van der Waals surface area (Å²) in [5.74, 6) is 0.886. The van der Waals surface area contributed by atoms with Crippen molar-refractivity contribution in [2.24, 2.45) is 0 Å². The van der Waals surface area contributed by atoms with Gasteiger partial charge in [0.1, 0.15) is 17.1 Å². The molecule has 31 heavy (non-hydrogen) atoms. The van der Waals surface area contributed by atoms with Crippen LogP contribution in [0, 0.1) is 6.92 Å². The van der Waals surface area contributed by atoms with Gasteiger partial charge < -0.3 is 14.8 Å². The molecule has 8 heteroatoms. The average Bonchev–Trinajstić information content (AvgIpc) is 2.87. The first-order valence-electron chi connectivity index (χ1n) is 10.4. The highest BCUT2D eigenvalue weighted by atomic mass is 32.2. The van der Waals surface area contributed by atoms with Gasteiger partial charge >= 0.3 is 0 Å². The zero-order valence-electron chi connectivity index (χ0n) is 18.2.